The summed E-state index contributed by atoms with van der Waals surface area (Å²) >= 11 is -1.44. The second-order valence-electron chi connectivity index (χ2n) is 10.1. The molecule has 0 aliphatic heterocycles. The second kappa shape index (κ2) is 39.8. The van der Waals surface area contributed by atoms with E-state index >= 15 is 0 Å². The van der Waals surface area contributed by atoms with Gasteiger partial charge in [0.05, 0.1) is 0 Å². The van der Waals surface area contributed by atoms with Gasteiger partial charge in [0, 0.05) is 0 Å². The molecule has 0 saturated heterocycles. The van der Waals surface area contributed by atoms with Crippen LogP contribution in [0.1, 0.15) is 55.4 Å². The number of benzene rings is 4. The van der Waals surface area contributed by atoms with Gasteiger partial charge in [-0.2, -0.15) is 0 Å². The molecule has 0 aromatic heterocycles. The van der Waals surface area contributed by atoms with Crippen LogP contribution in [0.4, 0.5) is 0 Å². The van der Waals surface area contributed by atoms with E-state index in [0.717, 1.165) is 0 Å². The molecule has 0 aliphatic rings. The fourth-order valence-corrected chi connectivity index (χ4v) is 12.0. The molecule has 4 aromatic rings. The van der Waals surface area contributed by atoms with Gasteiger partial charge in [0.2, 0.25) is 0 Å². The monoisotopic (exact) mass is 1180 g/mol. The van der Waals surface area contributed by atoms with Crippen LogP contribution in [0.5, 0.6) is 0 Å². The van der Waals surface area contributed by atoms with E-state index < -0.39 is 31.9 Å². The predicted molar refractivity (Wildman–Crippen MR) is 240 cm³/mol. The predicted octanol–water partition coefficient (Wildman–Crippen LogP) is 14.1. The maximum absolute atomic E-state index is 4.92. The van der Waals surface area contributed by atoms with Crippen molar-refractivity contribution in [3.63, 3.8) is 0 Å². The first-order valence-electron chi connectivity index (χ1n) is 17.3. The Bertz CT molecular complexity index is 1010. The van der Waals surface area contributed by atoms with Crippen LogP contribution >= 0.6 is 69.8 Å². The fourth-order valence-electron chi connectivity index (χ4n) is 4.91. The average Bonchev–Trinajstić information content (AvgIpc) is 3.17. The van der Waals surface area contributed by atoms with Gasteiger partial charge < -0.3 is 0 Å². The Balaban J connectivity index is 0. The van der Waals surface area contributed by atoms with Gasteiger partial charge in [0.15, 0.2) is 0 Å². The Labute approximate surface area is 345 Å². The minimum absolute atomic E-state index is 0.149. The van der Waals surface area contributed by atoms with E-state index in [4.69, 9.17) is 38.1 Å². The summed E-state index contributed by atoms with van der Waals surface area (Å²) in [7, 11) is 20.3. The van der Waals surface area contributed by atoms with Gasteiger partial charge in [0.25, 0.3) is 0 Å². The van der Waals surface area contributed by atoms with E-state index in [2.05, 4.69) is 177 Å². The molecule has 0 heterocycles. The summed E-state index contributed by atoms with van der Waals surface area (Å²) in [6.07, 6.45) is 10.5. The van der Waals surface area contributed by atoms with Gasteiger partial charge in [-0.05, 0) is 70.5 Å². The molecule has 4 rings (SSSR count). The van der Waals surface area contributed by atoms with Crippen molar-refractivity contribution in [3.8, 4) is 0 Å². The van der Waals surface area contributed by atoms with E-state index in [1.807, 2.05) is 0 Å². The first-order valence-corrected chi connectivity index (χ1v) is 37.6. The molecule has 0 aliphatic carbocycles. The Morgan fingerprint density at radius 2 is 0.420 bits per heavy atom. The Kier molecular flexibility index (Phi) is 42.3. The third kappa shape index (κ3) is 26.8. The van der Waals surface area contributed by atoms with Crippen LogP contribution in [-0.2, 0) is 31.9 Å². The molecule has 282 valence electrons. The quantitative estimate of drug-likeness (QED) is 0.124. The Morgan fingerprint density at radius 1 is 0.300 bits per heavy atom. The third-order valence-electron chi connectivity index (χ3n) is 7.54. The summed E-state index contributed by atoms with van der Waals surface area (Å²) in [5, 5.41) is 6.19. The van der Waals surface area contributed by atoms with Crippen LogP contribution in [-0.4, -0.2) is 49.3 Å². The Morgan fingerprint density at radius 3 is 0.520 bits per heavy atom. The zero-order chi connectivity index (χ0) is 37.8. The summed E-state index contributed by atoms with van der Waals surface area (Å²) < 4.78 is 0. The average molecular weight is 1180 g/mol. The van der Waals surface area contributed by atoms with Crippen molar-refractivity contribution < 1.29 is 31.9 Å². The molecule has 0 saturated carbocycles. The van der Waals surface area contributed by atoms with Crippen LogP contribution in [0.2, 0.25) is 0 Å². The SMILES string of the molecule is CCP(CC)c1ccccc1.CCP(CC)c1ccccc1.CCP(CC)c1ccccc1.CCP(CC)c1ccccc1.[Cl][Re][Cl].[Cl][Re][Cl]. The number of hydrogen-bond donors (Lipinski definition) is 0. The van der Waals surface area contributed by atoms with Crippen LogP contribution in [0, 0.1) is 0 Å². The normalized spacial score (nSPS) is 9.92. The molecule has 10 heteroatoms. The standard InChI is InChI=1S/4C10H15P.4ClH.2Re/c4*1-3-11(4-2)10-8-6-5-7-9-10;;;;;;/h4*5-9H,3-4H2,1-2H3;4*1H;;/q;;;;;;;;2*+2/p-4. The van der Waals surface area contributed by atoms with E-state index in [1.165, 1.54) is 49.3 Å². The molecule has 0 atom stereocenters. The van der Waals surface area contributed by atoms with Gasteiger partial charge >= 0.3 is 70.0 Å². The van der Waals surface area contributed by atoms with Crippen molar-refractivity contribution in [2.45, 2.75) is 55.4 Å². The van der Waals surface area contributed by atoms with E-state index in [1.54, 1.807) is 21.2 Å². The summed E-state index contributed by atoms with van der Waals surface area (Å²) in [5.74, 6) is 0. The van der Waals surface area contributed by atoms with Crippen molar-refractivity contribution in [2.24, 2.45) is 0 Å². The van der Waals surface area contributed by atoms with E-state index in [-0.39, 0.29) is 31.7 Å². The molecule has 50 heavy (non-hydrogen) atoms. The van der Waals surface area contributed by atoms with Gasteiger partial charge in [0.1, 0.15) is 0 Å². The molecule has 0 bridgehead atoms. The number of hydrogen-bond acceptors (Lipinski definition) is 0. The molecule has 0 radical (unpaired) electrons. The van der Waals surface area contributed by atoms with Crippen LogP contribution in [0.3, 0.4) is 0 Å². The summed E-state index contributed by atoms with van der Waals surface area (Å²) in [4.78, 5) is 0. The third-order valence-corrected chi connectivity index (χ3v) is 17.8. The topological polar surface area (TPSA) is 0 Å². The van der Waals surface area contributed by atoms with Crippen LogP contribution in [0.15, 0.2) is 121 Å². The summed E-state index contributed by atoms with van der Waals surface area (Å²) in [6, 6.07) is 43.4. The zero-order valence-electron chi connectivity index (χ0n) is 31.3. The molecule has 0 unspecified atom stereocenters. The summed E-state index contributed by atoms with van der Waals surface area (Å²) in [6.45, 7) is 18.2. The summed E-state index contributed by atoms with van der Waals surface area (Å²) in [5.41, 5.74) is 0. The first kappa shape index (κ1) is 53.2. The van der Waals surface area contributed by atoms with Crippen LogP contribution < -0.4 is 21.2 Å². The van der Waals surface area contributed by atoms with E-state index in [9.17, 15) is 0 Å². The minimum atomic E-state index is -0.722. The zero-order valence-corrected chi connectivity index (χ0v) is 43.3. The van der Waals surface area contributed by atoms with Gasteiger partial charge in [-0.25, -0.2) is 0 Å². The van der Waals surface area contributed by atoms with Gasteiger partial charge in [-0.15, -0.1) is 0 Å². The molecule has 0 amide bonds. The Hall–Kier alpha value is 1.08. The number of halogens is 4. The molecule has 0 N–H and O–H groups in total. The fraction of sp³-hybridized carbons (Fsp3) is 0.400. The second-order valence-corrected chi connectivity index (χ2v) is 29.4. The van der Waals surface area contributed by atoms with Gasteiger partial charge in [-0.1, -0.05) is 208 Å². The molecular formula is C40H60Cl4P4Re2. The van der Waals surface area contributed by atoms with Crippen LogP contribution in [0.25, 0.3) is 0 Å². The van der Waals surface area contributed by atoms with Gasteiger partial charge in [-0.3, -0.25) is 0 Å². The first-order chi connectivity index (χ1) is 24.4. The number of rotatable bonds is 12. The maximum atomic E-state index is 4.92. The molecule has 0 nitrogen and oxygen atoms in total. The molecule has 0 fully saturated rings. The van der Waals surface area contributed by atoms with Crippen molar-refractivity contribution in [3.05, 3.63) is 121 Å². The molecular weight excluding hydrogens is 1120 g/mol. The van der Waals surface area contributed by atoms with Crippen molar-refractivity contribution in [1.82, 2.24) is 0 Å². The van der Waals surface area contributed by atoms with Crippen molar-refractivity contribution >= 4 is 91.0 Å². The van der Waals surface area contributed by atoms with Crippen molar-refractivity contribution in [2.75, 3.05) is 49.3 Å². The van der Waals surface area contributed by atoms with E-state index in [0.29, 0.717) is 0 Å². The molecule has 4 aromatic carbocycles. The molecule has 0 spiro atoms. The van der Waals surface area contributed by atoms with Crippen molar-refractivity contribution in [1.29, 1.82) is 0 Å².